The molecule has 2 aromatic rings. The highest BCUT2D eigenvalue weighted by Crippen LogP contribution is 2.36. The first-order valence-electron chi connectivity index (χ1n) is 9.03. The average Bonchev–Trinajstić information content (AvgIpc) is 3.21. The van der Waals surface area contributed by atoms with Crippen molar-refractivity contribution in [2.45, 2.75) is 51.5 Å². The molecule has 1 atom stereocenters. The van der Waals surface area contributed by atoms with Crippen molar-refractivity contribution in [3.05, 3.63) is 29.6 Å². The third-order valence-corrected chi connectivity index (χ3v) is 5.17. The summed E-state index contributed by atoms with van der Waals surface area (Å²) in [5, 5.41) is 0. The lowest BCUT2D eigenvalue weighted by atomic mass is 10.0. The van der Waals surface area contributed by atoms with E-state index in [0.29, 0.717) is 18.5 Å². The maximum Gasteiger partial charge on any atom is 0.218 e. The highest BCUT2D eigenvalue weighted by Gasteiger charge is 2.32. The van der Waals surface area contributed by atoms with Crippen molar-refractivity contribution in [2.24, 2.45) is 7.05 Å². The second-order valence-electron chi connectivity index (χ2n) is 6.63. The quantitative estimate of drug-likeness (QED) is 0.864. The first-order chi connectivity index (χ1) is 11.8. The van der Waals surface area contributed by atoms with Crippen LogP contribution in [0, 0.1) is 0 Å². The van der Waals surface area contributed by atoms with Crippen LogP contribution >= 0.6 is 0 Å². The minimum Gasteiger partial charge on any atom is -0.478 e. The van der Waals surface area contributed by atoms with Crippen molar-refractivity contribution in [2.75, 3.05) is 18.1 Å². The summed E-state index contributed by atoms with van der Waals surface area (Å²) in [7, 11) is 2.18. The molecule has 0 bridgehead atoms. The van der Waals surface area contributed by atoms with E-state index in [9.17, 15) is 0 Å². The Morgan fingerprint density at radius 3 is 2.92 bits per heavy atom. The molecule has 1 aliphatic heterocycles. The van der Waals surface area contributed by atoms with Gasteiger partial charge in [0.15, 0.2) is 0 Å². The van der Waals surface area contributed by atoms with E-state index in [1.165, 1.54) is 30.1 Å². The molecule has 0 aromatic carbocycles. The molecule has 0 amide bonds. The number of fused-ring (bicyclic) bond motifs is 1. The van der Waals surface area contributed by atoms with E-state index < -0.39 is 0 Å². The number of hydrogen-bond acceptors (Lipinski definition) is 5. The molecule has 2 aromatic heterocycles. The third kappa shape index (κ3) is 2.64. The van der Waals surface area contributed by atoms with Crippen LogP contribution in [-0.2, 0) is 19.9 Å². The Hall–Kier alpha value is -2.11. The molecule has 3 heterocycles. The fraction of sp³-hybridized carbons (Fsp3) is 0.611. The lowest BCUT2D eigenvalue weighted by molar-refractivity contribution is 0.326. The number of nitrogens with zero attached hydrogens (tertiary/aromatic N) is 5. The van der Waals surface area contributed by atoms with Crippen molar-refractivity contribution in [3.8, 4) is 5.88 Å². The van der Waals surface area contributed by atoms with Gasteiger partial charge in [0.05, 0.1) is 18.3 Å². The molecule has 1 fully saturated rings. The molecule has 0 N–H and O–H groups in total. The monoisotopic (exact) mass is 327 g/mol. The van der Waals surface area contributed by atoms with E-state index in [0.717, 1.165) is 38.0 Å². The number of anilines is 1. The van der Waals surface area contributed by atoms with Crippen LogP contribution in [-0.4, -0.2) is 32.7 Å². The molecule has 1 aliphatic carbocycles. The van der Waals surface area contributed by atoms with Gasteiger partial charge in [-0.25, -0.2) is 15.0 Å². The lowest BCUT2D eigenvalue weighted by Crippen LogP contribution is -2.26. The van der Waals surface area contributed by atoms with Crippen molar-refractivity contribution >= 4 is 5.82 Å². The van der Waals surface area contributed by atoms with Crippen LogP contribution in [0.15, 0.2) is 12.4 Å². The number of aromatic nitrogens is 4. The first-order valence-corrected chi connectivity index (χ1v) is 9.03. The predicted molar refractivity (Wildman–Crippen MR) is 92.4 cm³/mol. The number of aryl methyl sites for hydroxylation is 1. The van der Waals surface area contributed by atoms with Crippen molar-refractivity contribution in [1.82, 2.24) is 19.5 Å². The molecule has 128 valence electrons. The smallest absolute Gasteiger partial charge is 0.218 e. The third-order valence-electron chi connectivity index (χ3n) is 5.17. The van der Waals surface area contributed by atoms with Gasteiger partial charge in [-0.2, -0.15) is 0 Å². The molecule has 6 nitrogen and oxygen atoms in total. The van der Waals surface area contributed by atoms with Crippen LogP contribution in [0.3, 0.4) is 0 Å². The minimum absolute atomic E-state index is 0.296. The highest BCUT2D eigenvalue weighted by atomic mass is 16.5. The number of rotatable bonds is 4. The fourth-order valence-corrected chi connectivity index (χ4v) is 4.03. The molecule has 0 unspecified atom stereocenters. The Bertz CT molecular complexity index is 726. The Kier molecular flexibility index (Phi) is 4.12. The Balaban J connectivity index is 1.66. The van der Waals surface area contributed by atoms with Gasteiger partial charge in [-0.05, 0) is 45.4 Å². The summed E-state index contributed by atoms with van der Waals surface area (Å²) >= 11 is 0. The number of imidazole rings is 1. The molecule has 0 radical (unpaired) electrons. The summed E-state index contributed by atoms with van der Waals surface area (Å²) < 4.78 is 7.87. The summed E-state index contributed by atoms with van der Waals surface area (Å²) in [6.07, 6.45) is 8.71. The van der Waals surface area contributed by atoms with Gasteiger partial charge in [0.2, 0.25) is 5.88 Å². The largest absolute Gasteiger partial charge is 0.478 e. The van der Waals surface area contributed by atoms with E-state index in [1.807, 2.05) is 13.0 Å². The topological polar surface area (TPSA) is 56.1 Å². The summed E-state index contributed by atoms with van der Waals surface area (Å²) in [5.41, 5.74) is 2.74. The summed E-state index contributed by atoms with van der Waals surface area (Å²) in [6, 6.07) is 2.25. The van der Waals surface area contributed by atoms with Crippen LogP contribution in [0.4, 0.5) is 5.82 Å². The summed E-state index contributed by atoms with van der Waals surface area (Å²) in [4.78, 5) is 16.0. The van der Waals surface area contributed by atoms with Crippen molar-refractivity contribution in [1.29, 1.82) is 0 Å². The van der Waals surface area contributed by atoms with Gasteiger partial charge >= 0.3 is 0 Å². The highest BCUT2D eigenvalue weighted by molar-refractivity contribution is 5.44. The molecule has 24 heavy (non-hydrogen) atoms. The molecule has 1 saturated heterocycles. The zero-order valence-electron chi connectivity index (χ0n) is 14.5. The molecule has 6 heteroatoms. The molecular formula is C18H25N5O. The van der Waals surface area contributed by atoms with Crippen molar-refractivity contribution in [3.63, 3.8) is 0 Å². The first kappa shape index (κ1) is 15.4. The molecule has 0 spiro atoms. The lowest BCUT2D eigenvalue weighted by Gasteiger charge is -2.25. The number of hydrogen-bond donors (Lipinski definition) is 0. The Morgan fingerprint density at radius 2 is 2.08 bits per heavy atom. The molecule has 4 rings (SSSR count). The number of ether oxygens (including phenoxy) is 1. The summed E-state index contributed by atoms with van der Waals surface area (Å²) in [6.45, 7) is 3.59. The minimum atomic E-state index is 0.296. The predicted octanol–water partition coefficient (Wildman–Crippen LogP) is 2.83. The van der Waals surface area contributed by atoms with E-state index in [4.69, 9.17) is 9.72 Å². The second-order valence-corrected chi connectivity index (χ2v) is 6.63. The van der Waals surface area contributed by atoms with E-state index in [2.05, 4.69) is 26.5 Å². The van der Waals surface area contributed by atoms with Crippen LogP contribution < -0.4 is 9.64 Å². The maximum atomic E-state index is 5.54. The van der Waals surface area contributed by atoms with Crippen LogP contribution in [0.25, 0.3) is 0 Å². The second kappa shape index (κ2) is 6.42. The summed E-state index contributed by atoms with van der Waals surface area (Å²) in [5.74, 6) is 2.78. The van der Waals surface area contributed by atoms with Gasteiger partial charge in [-0.3, -0.25) is 0 Å². The Labute approximate surface area is 142 Å². The van der Waals surface area contributed by atoms with Crippen molar-refractivity contribution < 1.29 is 4.74 Å². The van der Waals surface area contributed by atoms with Gasteiger partial charge < -0.3 is 14.2 Å². The van der Waals surface area contributed by atoms with E-state index >= 15 is 0 Å². The van der Waals surface area contributed by atoms with Gasteiger partial charge in [-0.15, -0.1) is 0 Å². The average molecular weight is 327 g/mol. The normalized spacial score (nSPS) is 20.2. The van der Waals surface area contributed by atoms with Gasteiger partial charge in [0.25, 0.3) is 0 Å². The van der Waals surface area contributed by atoms with E-state index in [1.54, 1.807) is 6.33 Å². The zero-order valence-corrected chi connectivity index (χ0v) is 14.5. The molecule has 2 aliphatic rings. The van der Waals surface area contributed by atoms with E-state index in [-0.39, 0.29) is 0 Å². The Morgan fingerprint density at radius 1 is 1.21 bits per heavy atom. The van der Waals surface area contributed by atoms with Crippen LogP contribution in [0.2, 0.25) is 0 Å². The zero-order chi connectivity index (χ0) is 16.5. The maximum absolute atomic E-state index is 5.54. The SMILES string of the molecule is CCOc1cc(N2CCC[C@H]2c2nc3c(n2C)CCCC3)ncn1. The standard InChI is InChI=1S/C18H25N5O/c1-3-24-17-11-16(19-12-20-17)23-10-6-9-15(23)18-21-13-7-4-5-8-14(13)22(18)2/h11-12,15H,3-10H2,1-2H3/t15-/m0/s1. The molecule has 0 saturated carbocycles. The van der Waals surface area contributed by atoms with Gasteiger partial charge in [-0.1, -0.05) is 0 Å². The van der Waals surface area contributed by atoms with Gasteiger partial charge in [0, 0.05) is 25.4 Å². The van der Waals surface area contributed by atoms with Gasteiger partial charge in [0.1, 0.15) is 18.0 Å². The molecular weight excluding hydrogens is 302 g/mol. The van der Waals surface area contributed by atoms with Crippen LogP contribution in [0.1, 0.15) is 55.9 Å². The fourth-order valence-electron chi connectivity index (χ4n) is 4.03. The van der Waals surface area contributed by atoms with Crippen LogP contribution in [0.5, 0.6) is 5.88 Å².